The van der Waals surface area contributed by atoms with E-state index in [0.29, 0.717) is 24.1 Å². The van der Waals surface area contributed by atoms with Gasteiger partial charge in [0.2, 0.25) is 0 Å². The molecule has 0 radical (unpaired) electrons. The Hall–Kier alpha value is -0.910. The van der Waals surface area contributed by atoms with Gasteiger partial charge in [0, 0.05) is 17.8 Å². The number of carboxylic acid groups (broad SMARTS) is 1. The number of aliphatic carboxylic acids is 1. The van der Waals surface area contributed by atoms with Gasteiger partial charge in [0.05, 0.1) is 0 Å². The van der Waals surface area contributed by atoms with E-state index in [4.69, 9.17) is 0 Å². The van der Waals surface area contributed by atoms with E-state index in [1.807, 2.05) is 0 Å². The van der Waals surface area contributed by atoms with E-state index in [0.717, 1.165) is 32.1 Å². The molecule has 0 aromatic carbocycles. The number of hydrogen-bond donors (Lipinski definition) is 2. The molecule has 2 fully saturated rings. The summed E-state index contributed by atoms with van der Waals surface area (Å²) in [5.41, 5.74) is 0. The van der Waals surface area contributed by atoms with Crippen LogP contribution in [0, 0.1) is 5.92 Å². The maximum atomic E-state index is 12.4. The van der Waals surface area contributed by atoms with E-state index in [1.54, 1.807) is 16.7 Å². The largest absolute Gasteiger partial charge is 0.480 e. The minimum atomic E-state index is -0.864. The normalized spacial score (nSPS) is 29.8. The molecule has 2 N–H and O–H groups in total. The number of urea groups is 1. The van der Waals surface area contributed by atoms with Crippen molar-refractivity contribution >= 4 is 23.8 Å². The van der Waals surface area contributed by atoms with Crippen LogP contribution in [0.1, 0.15) is 45.4 Å². The van der Waals surface area contributed by atoms with Crippen molar-refractivity contribution in [3.8, 4) is 0 Å². The predicted molar refractivity (Wildman–Crippen MR) is 84.6 cm³/mol. The highest BCUT2D eigenvalue weighted by Gasteiger charge is 2.47. The van der Waals surface area contributed by atoms with Gasteiger partial charge < -0.3 is 15.3 Å². The van der Waals surface area contributed by atoms with Crippen molar-refractivity contribution in [2.24, 2.45) is 5.92 Å². The Morgan fingerprint density at radius 2 is 2.10 bits per heavy atom. The summed E-state index contributed by atoms with van der Waals surface area (Å²) >= 11 is 1.77. The minimum absolute atomic E-state index is 0.123. The van der Waals surface area contributed by atoms with E-state index in [9.17, 15) is 14.7 Å². The summed E-state index contributed by atoms with van der Waals surface area (Å²) in [6.07, 6.45) is 7.85. The van der Waals surface area contributed by atoms with E-state index in [2.05, 4.69) is 18.5 Å². The van der Waals surface area contributed by atoms with Crippen molar-refractivity contribution < 1.29 is 14.7 Å². The molecule has 1 heterocycles. The zero-order valence-electron chi connectivity index (χ0n) is 12.9. The lowest BCUT2D eigenvalue weighted by atomic mass is 9.85. The first kappa shape index (κ1) is 16.5. The molecular formula is C15H26N2O3S. The molecule has 2 amide bonds. The Labute approximate surface area is 130 Å². The average Bonchev–Trinajstić information content (AvgIpc) is 2.86. The third-order valence-electron chi connectivity index (χ3n) is 4.84. The van der Waals surface area contributed by atoms with Gasteiger partial charge in [-0.2, -0.15) is 11.8 Å². The highest BCUT2D eigenvalue weighted by molar-refractivity contribution is 7.99. The summed E-state index contributed by atoms with van der Waals surface area (Å²) < 4.78 is 0. The Kier molecular flexibility index (Phi) is 5.79. The number of carbonyl (C=O) groups excluding carboxylic acids is 1. The highest BCUT2D eigenvalue weighted by Crippen LogP contribution is 2.39. The fraction of sp³-hybridized carbons (Fsp3) is 0.867. The first-order valence-corrected chi connectivity index (χ1v) is 9.15. The lowest BCUT2D eigenvalue weighted by molar-refractivity contribution is -0.141. The third kappa shape index (κ3) is 3.84. The summed E-state index contributed by atoms with van der Waals surface area (Å²) in [5.74, 6) is -0.493. The molecule has 120 valence electrons. The van der Waals surface area contributed by atoms with Gasteiger partial charge in [-0.1, -0.05) is 19.8 Å². The lowest BCUT2D eigenvalue weighted by Crippen LogP contribution is -2.51. The van der Waals surface area contributed by atoms with Gasteiger partial charge in [0.1, 0.15) is 6.04 Å². The van der Waals surface area contributed by atoms with Crippen LogP contribution in [0.5, 0.6) is 0 Å². The highest BCUT2D eigenvalue weighted by atomic mass is 32.2. The molecule has 1 saturated heterocycles. The van der Waals surface area contributed by atoms with Crippen molar-refractivity contribution in [2.45, 2.75) is 62.8 Å². The smallest absolute Gasteiger partial charge is 0.326 e. The molecule has 2 aliphatic rings. The summed E-state index contributed by atoms with van der Waals surface area (Å²) in [4.78, 5) is 25.5. The molecule has 5 nitrogen and oxygen atoms in total. The molecule has 0 aromatic heterocycles. The van der Waals surface area contributed by atoms with E-state index < -0.39 is 12.0 Å². The first-order chi connectivity index (χ1) is 10.0. The number of nitrogens with one attached hydrogen (secondary N) is 1. The van der Waals surface area contributed by atoms with Gasteiger partial charge in [-0.3, -0.25) is 0 Å². The minimum Gasteiger partial charge on any atom is -0.480 e. The van der Waals surface area contributed by atoms with Crippen molar-refractivity contribution in [1.82, 2.24) is 10.2 Å². The molecule has 0 aromatic rings. The predicted octanol–water partition coefficient (Wildman–Crippen LogP) is 2.56. The maximum absolute atomic E-state index is 12.4. The molecule has 4 unspecified atom stereocenters. The third-order valence-corrected chi connectivity index (χ3v) is 5.88. The van der Waals surface area contributed by atoms with E-state index in [-0.39, 0.29) is 12.1 Å². The van der Waals surface area contributed by atoms with E-state index >= 15 is 0 Å². The van der Waals surface area contributed by atoms with Gasteiger partial charge in [-0.05, 0) is 37.9 Å². The number of rotatable bonds is 5. The van der Waals surface area contributed by atoms with Crippen LogP contribution < -0.4 is 5.32 Å². The first-order valence-electron chi connectivity index (χ1n) is 7.86. The van der Waals surface area contributed by atoms with Crippen LogP contribution in [0.15, 0.2) is 0 Å². The Balaban J connectivity index is 1.96. The van der Waals surface area contributed by atoms with Crippen LogP contribution in [0.4, 0.5) is 4.79 Å². The molecule has 0 spiro atoms. The molecule has 6 heteroatoms. The topological polar surface area (TPSA) is 69.6 Å². The SMILES string of the molecule is CSC(C)CCNC(=O)N1C(C(=O)O)CC2CCCCC21. The maximum Gasteiger partial charge on any atom is 0.326 e. The van der Waals surface area contributed by atoms with Gasteiger partial charge in [-0.15, -0.1) is 0 Å². The molecule has 21 heavy (non-hydrogen) atoms. The van der Waals surface area contributed by atoms with Gasteiger partial charge in [0.25, 0.3) is 0 Å². The number of hydrogen-bond acceptors (Lipinski definition) is 3. The average molecular weight is 314 g/mol. The van der Waals surface area contributed by atoms with Crippen molar-refractivity contribution in [3.63, 3.8) is 0 Å². The number of carboxylic acids is 1. The number of fused-ring (bicyclic) bond motifs is 1. The Morgan fingerprint density at radius 1 is 1.38 bits per heavy atom. The molecule has 1 saturated carbocycles. The fourth-order valence-electron chi connectivity index (χ4n) is 3.56. The zero-order valence-corrected chi connectivity index (χ0v) is 13.7. The summed E-state index contributed by atoms with van der Waals surface area (Å²) in [5, 5.41) is 12.8. The standard InChI is InChI=1S/C15H26N2O3S/c1-10(21-2)7-8-16-15(20)17-12-6-4-3-5-11(12)9-13(17)14(18)19/h10-13H,3-9H2,1-2H3,(H,16,20)(H,18,19). The Morgan fingerprint density at radius 3 is 2.76 bits per heavy atom. The van der Waals surface area contributed by atoms with Crippen molar-refractivity contribution in [3.05, 3.63) is 0 Å². The van der Waals surface area contributed by atoms with Crippen LogP contribution in [0.25, 0.3) is 0 Å². The lowest BCUT2D eigenvalue weighted by Gasteiger charge is -2.33. The quantitative estimate of drug-likeness (QED) is 0.818. The fourth-order valence-corrected chi connectivity index (χ4v) is 3.92. The molecule has 4 atom stereocenters. The number of thioether (sulfide) groups is 1. The number of carbonyl (C=O) groups is 2. The summed E-state index contributed by atoms with van der Waals surface area (Å²) in [6, 6.07) is -0.709. The zero-order chi connectivity index (χ0) is 15.4. The monoisotopic (exact) mass is 314 g/mol. The molecular weight excluding hydrogens is 288 g/mol. The second-order valence-electron chi connectivity index (χ2n) is 6.18. The number of amides is 2. The van der Waals surface area contributed by atoms with Crippen LogP contribution in [-0.2, 0) is 4.79 Å². The molecule has 1 aliphatic heterocycles. The number of nitrogens with zero attached hydrogens (tertiary/aromatic N) is 1. The van der Waals surface area contributed by atoms with Crippen molar-refractivity contribution in [1.29, 1.82) is 0 Å². The van der Waals surface area contributed by atoms with Gasteiger partial charge in [0.15, 0.2) is 0 Å². The van der Waals surface area contributed by atoms with Gasteiger partial charge in [-0.25, -0.2) is 9.59 Å². The van der Waals surface area contributed by atoms with Crippen molar-refractivity contribution in [2.75, 3.05) is 12.8 Å². The Bertz CT molecular complexity index is 391. The van der Waals surface area contributed by atoms with Crippen LogP contribution >= 0.6 is 11.8 Å². The van der Waals surface area contributed by atoms with E-state index in [1.165, 1.54) is 0 Å². The summed E-state index contributed by atoms with van der Waals surface area (Å²) in [6.45, 7) is 2.74. The second-order valence-corrected chi connectivity index (χ2v) is 7.45. The molecule has 2 rings (SSSR count). The molecule has 1 aliphatic carbocycles. The molecule has 0 bridgehead atoms. The van der Waals surface area contributed by atoms with Crippen LogP contribution in [0.2, 0.25) is 0 Å². The van der Waals surface area contributed by atoms with Gasteiger partial charge >= 0.3 is 12.0 Å². The second kappa shape index (κ2) is 7.38. The van der Waals surface area contributed by atoms with Crippen LogP contribution in [0.3, 0.4) is 0 Å². The number of likely N-dealkylation sites (tertiary alicyclic amines) is 1. The van der Waals surface area contributed by atoms with Crippen LogP contribution in [-0.4, -0.2) is 52.1 Å². The summed E-state index contributed by atoms with van der Waals surface area (Å²) in [7, 11) is 0.